The zero-order valence-corrected chi connectivity index (χ0v) is 17.9. The van der Waals surface area contributed by atoms with Crippen molar-refractivity contribution in [2.45, 2.75) is 12.0 Å². The van der Waals surface area contributed by atoms with E-state index in [-0.39, 0.29) is 37.5 Å². The van der Waals surface area contributed by atoms with Crippen LogP contribution in [0.1, 0.15) is 27.7 Å². The summed E-state index contributed by atoms with van der Waals surface area (Å²) < 4.78 is 10.6. The fourth-order valence-corrected chi connectivity index (χ4v) is 4.32. The van der Waals surface area contributed by atoms with E-state index in [1.807, 2.05) is 48.5 Å². The molecule has 2 unspecified atom stereocenters. The summed E-state index contributed by atoms with van der Waals surface area (Å²) in [5.74, 6) is -2.97. The largest absolute Gasteiger partial charge is 0.481 e. The number of nitrogens with one attached hydrogen (secondary N) is 3. The number of hydrogen-bond acceptors (Lipinski definition) is 7. The van der Waals surface area contributed by atoms with Crippen LogP contribution in [0, 0.1) is 5.92 Å². The van der Waals surface area contributed by atoms with Gasteiger partial charge in [-0.2, -0.15) is 4.98 Å². The fraction of sp³-hybridized carbons (Fsp3) is 0.261. The molecule has 34 heavy (non-hydrogen) atoms. The van der Waals surface area contributed by atoms with Crippen molar-refractivity contribution in [2.24, 2.45) is 5.92 Å². The van der Waals surface area contributed by atoms with E-state index in [9.17, 15) is 19.5 Å². The Morgan fingerprint density at radius 3 is 2.41 bits per heavy atom. The number of carboxylic acid groups (broad SMARTS) is 1. The van der Waals surface area contributed by atoms with Gasteiger partial charge in [-0.15, -0.1) is 5.10 Å². The van der Waals surface area contributed by atoms with E-state index in [0.717, 1.165) is 22.3 Å². The first kappa shape index (κ1) is 21.6. The summed E-state index contributed by atoms with van der Waals surface area (Å²) in [5, 5.41) is 20.3. The van der Waals surface area contributed by atoms with Gasteiger partial charge in [0.1, 0.15) is 12.5 Å². The summed E-state index contributed by atoms with van der Waals surface area (Å²) in [6, 6.07) is 15.3. The van der Waals surface area contributed by atoms with Crippen LogP contribution in [0.25, 0.3) is 11.1 Å². The first-order valence-corrected chi connectivity index (χ1v) is 10.7. The highest BCUT2D eigenvalue weighted by Gasteiger charge is 2.36. The summed E-state index contributed by atoms with van der Waals surface area (Å²) in [4.78, 5) is 39.9. The predicted octanol–water partition coefficient (Wildman–Crippen LogP) is 2.00. The SMILES string of the molecule is O=C(Nc1n[nH]c(C(=O)NC2COCC2C(=O)O)n1)OCC1c2ccccc2-c2ccccc21. The van der Waals surface area contributed by atoms with Crippen LogP contribution in [0.3, 0.4) is 0 Å². The second kappa shape index (κ2) is 8.94. The molecule has 2 amide bonds. The quantitative estimate of drug-likeness (QED) is 0.433. The normalized spacial score (nSPS) is 18.7. The lowest BCUT2D eigenvalue weighted by Gasteiger charge is -2.14. The molecule has 4 N–H and O–H groups in total. The molecular weight excluding hydrogens is 442 g/mol. The average molecular weight is 463 g/mol. The number of H-pyrrole nitrogens is 1. The number of carboxylic acids is 1. The Hall–Kier alpha value is -4.25. The minimum atomic E-state index is -1.06. The molecule has 1 fully saturated rings. The van der Waals surface area contributed by atoms with Crippen LogP contribution < -0.4 is 10.6 Å². The van der Waals surface area contributed by atoms with E-state index in [1.54, 1.807) is 0 Å². The van der Waals surface area contributed by atoms with E-state index in [2.05, 4.69) is 25.8 Å². The molecule has 3 aromatic rings. The Morgan fingerprint density at radius 2 is 1.74 bits per heavy atom. The second-order valence-corrected chi connectivity index (χ2v) is 8.02. The van der Waals surface area contributed by atoms with E-state index < -0.39 is 29.9 Å². The molecule has 11 heteroatoms. The monoisotopic (exact) mass is 463 g/mol. The number of nitrogens with zero attached hydrogens (tertiary/aromatic N) is 2. The summed E-state index contributed by atoms with van der Waals surface area (Å²) in [5.41, 5.74) is 4.41. The predicted molar refractivity (Wildman–Crippen MR) is 118 cm³/mol. The first-order chi connectivity index (χ1) is 16.5. The zero-order valence-electron chi connectivity index (χ0n) is 17.9. The molecule has 0 saturated carbocycles. The maximum absolute atomic E-state index is 12.4. The average Bonchev–Trinajstić information content (AvgIpc) is 3.56. The number of anilines is 1. The Labute approximate surface area is 193 Å². The fourth-order valence-electron chi connectivity index (χ4n) is 4.32. The Balaban J connectivity index is 1.19. The molecule has 1 saturated heterocycles. The second-order valence-electron chi connectivity index (χ2n) is 8.02. The van der Waals surface area contributed by atoms with Gasteiger partial charge in [-0.3, -0.25) is 20.0 Å². The molecule has 11 nitrogen and oxygen atoms in total. The lowest BCUT2D eigenvalue weighted by Crippen LogP contribution is -2.43. The van der Waals surface area contributed by atoms with Gasteiger partial charge in [-0.05, 0) is 22.3 Å². The maximum Gasteiger partial charge on any atom is 0.414 e. The minimum Gasteiger partial charge on any atom is -0.481 e. The Morgan fingerprint density at radius 1 is 1.06 bits per heavy atom. The van der Waals surface area contributed by atoms with Crippen LogP contribution in [0.5, 0.6) is 0 Å². The third-order valence-electron chi connectivity index (χ3n) is 5.97. The number of fused-ring (bicyclic) bond motifs is 3. The van der Waals surface area contributed by atoms with Crippen LogP contribution in [-0.2, 0) is 14.3 Å². The molecule has 2 aliphatic rings. The van der Waals surface area contributed by atoms with E-state index >= 15 is 0 Å². The number of aromatic nitrogens is 3. The van der Waals surface area contributed by atoms with Crippen molar-refractivity contribution in [3.8, 4) is 11.1 Å². The van der Waals surface area contributed by atoms with Crippen molar-refractivity contribution in [3.63, 3.8) is 0 Å². The van der Waals surface area contributed by atoms with Crippen LogP contribution >= 0.6 is 0 Å². The number of aromatic amines is 1. The smallest absolute Gasteiger partial charge is 0.414 e. The van der Waals surface area contributed by atoms with E-state index in [0.29, 0.717) is 0 Å². The zero-order chi connectivity index (χ0) is 23.7. The van der Waals surface area contributed by atoms with Gasteiger partial charge in [0.05, 0.1) is 19.3 Å². The first-order valence-electron chi connectivity index (χ1n) is 10.7. The summed E-state index contributed by atoms with van der Waals surface area (Å²) >= 11 is 0. The molecular formula is C23H21N5O6. The van der Waals surface area contributed by atoms with Crippen LogP contribution in [0.2, 0.25) is 0 Å². The topological polar surface area (TPSA) is 156 Å². The highest BCUT2D eigenvalue weighted by atomic mass is 16.5. The lowest BCUT2D eigenvalue weighted by atomic mass is 9.98. The third-order valence-corrected chi connectivity index (χ3v) is 5.97. The number of benzene rings is 2. The number of carbonyl (C=O) groups is 3. The summed E-state index contributed by atoms with van der Waals surface area (Å²) in [7, 11) is 0. The highest BCUT2D eigenvalue weighted by Crippen LogP contribution is 2.44. The molecule has 2 aromatic carbocycles. The van der Waals surface area contributed by atoms with E-state index in [4.69, 9.17) is 9.47 Å². The number of amides is 2. The molecule has 0 radical (unpaired) electrons. The number of carbonyl (C=O) groups excluding carboxylic acids is 2. The van der Waals surface area contributed by atoms with Crippen LogP contribution in [-0.4, -0.2) is 64.1 Å². The van der Waals surface area contributed by atoms with Crippen molar-refractivity contribution in [1.29, 1.82) is 0 Å². The number of hydrogen-bond donors (Lipinski definition) is 4. The molecule has 1 aliphatic carbocycles. The number of rotatable bonds is 6. The molecule has 5 rings (SSSR count). The van der Waals surface area contributed by atoms with Crippen molar-refractivity contribution in [2.75, 3.05) is 25.1 Å². The summed E-state index contributed by atoms with van der Waals surface area (Å²) in [6.07, 6.45) is -0.761. The standard InChI is InChI=1S/C23H21N5O6/c29-20(24-18-11-33-9-17(18)21(30)31)19-25-22(28-27-19)26-23(32)34-10-16-14-7-3-1-5-12(14)13-6-2-4-8-15(13)16/h1-8,16-18H,9-11H2,(H,24,29)(H,30,31)(H2,25,26,27,28,32). The molecule has 2 heterocycles. The molecule has 1 aromatic heterocycles. The van der Waals surface area contributed by atoms with Crippen molar-refractivity contribution >= 4 is 23.9 Å². The van der Waals surface area contributed by atoms with Gasteiger partial charge < -0.3 is 19.9 Å². The van der Waals surface area contributed by atoms with Gasteiger partial charge in [0.15, 0.2) is 0 Å². The number of ether oxygens (including phenoxy) is 2. The van der Waals surface area contributed by atoms with Gasteiger partial charge in [-0.1, -0.05) is 48.5 Å². The molecule has 0 bridgehead atoms. The minimum absolute atomic E-state index is 0.0191. The van der Waals surface area contributed by atoms with Gasteiger partial charge in [0.2, 0.25) is 5.82 Å². The molecule has 2 atom stereocenters. The van der Waals surface area contributed by atoms with Crippen molar-refractivity contribution in [3.05, 3.63) is 65.5 Å². The number of aliphatic carboxylic acids is 1. The third kappa shape index (κ3) is 4.08. The van der Waals surface area contributed by atoms with Gasteiger partial charge in [0, 0.05) is 5.92 Å². The maximum atomic E-state index is 12.4. The summed E-state index contributed by atoms with van der Waals surface area (Å²) in [6.45, 7) is 0.225. The van der Waals surface area contributed by atoms with Crippen molar-refractivity contribution < 1.29 is 29.0 Å². The Bertz CT molecular complexity index is 1210. The Kier molecular flexibility index (Phi) is 5.68. The molecule has 0 spiro atoms. The van der Waals surface area contributed by atoms with Crippen LogP contribution in [0.4, 0.5) is 10.7 Å². The van der Waals surface area contributed by atoms with Gasteiger partial charge >= 0.3 is 12.1 Å². The molecule has 174 valence electrons. The highest BCUT2D eigenvalue weighted by molar-refractivity contribution is 5.92. The van der Waals surface area contributed by atoms with Gasteiger partial charge in [-0.25, -0.2) is 4.79 Å². The van der Waals surface area contributed by atoms with Gasteiger partial charge in [0.25, 0.3) is 11.9 Å². The molecule has 1 aliphatic heterocycles. The van der Waals surface area contributed by atoms with E-state index in [1.165, 1.54) is 0 Å². The van der Waals surface area contributed by atoms with Crippen molar-refractivity contribution in [1.82, 2.24) is 20.5 Å². The van der Waals surface area contributed by atoms with Crippen LogP contribution in [0.15, 0.2) is 48.5 Å². The lowest BCUT2D eigenvalue weighted by molar-refractivity contribution is -0.142.